The summed E-state index contributed by atoms with van der Waals surface area (Å²) in [5.41, 5.74) is 2.43. The van der Waals surface area contributed by atoms with Crippen LogP contribution in [0.4, 0.5) is 11.6 Å². The van der Waals surface area contributed by atoms with Crippen molar-refractivity contribution >= 4 is 33.5 Å². The molecule has 17 heavy (non-hydrogen) atoms. The highest BCUT2D eigenvalue weighted by Crippen LogP contribution is 2.25. The summed E-state index contributed by atoms with van der Waals surface area (Å²) >= 11 is 3.29. The zero-order chi connectivity index (χ0) is 12.7. The number of aromatic nitrogens is 2. The Balaban J connectivity index is 2.49. The Bertz CT molecular complexity index is 388. The van der Waals surface area contributed by atoms with Crippen molar-refractivity contribution < 1.29 is 9.53 Å². The van der Waals surface area contributed by atoms with E-state index in [0.29, 0.717) is 29.3 Å². The summed E-state index contributed by atoms with van der Waals surface area (Å²) in [4.78, 5) is 19.0. The fourth-order valence-electron chi connectivity index (χ4n) is 1.11. The maximum Gasteiger partial charge on any atom is 0.307 e. The van der Waals surface area contributed by atoms with E-state index < -0.39 is 0 Å². The second kappa shape index (κ2) is 7.02. The number of esters is 1. The highest BCUT2D eigenvalue weighted by Gasteiger charge is 2.08. The molecule has 7 nitrogen and oxygen atoms in total. The van der Waals surface area contributed by atoms with Gasteiger partial charge in [0.25, 0.3) is 0 Å². The van der Waals surface area contributed by atoms with E-state index in [4.69, 9.17) is 10.6 Å². The quantitative estimate of drug-likeness (QED) is 0.407. The lowest BCUT2D eigenvalue weighted by Crippen LogP contribution is -2.14. The van der Waals surface area contributed by atoms with Crippen LogP contribution in [0.5, 0.6) is 0 Å². The van der Waals surface area contributed by atoms with Crippen LogP contribution in [0, 0.1) is 0 Å². The van der Waals surface area contributed by atoms with Gasteiger partial charge in [0, 0.05) is 6.54 Å². The Kier molecular flexibility index (Phi) is 5.64. The van der Waals surface area contributed by atoms with Crippen molar-refractivity contribution in [2.45, 2.75) is 13.3 Å². The molecule has 0 aliphatic heterocycles. The Morgan fingerprint density at radius 1 is 1.53 bits per heavy atom. The van der Waals surface area contributed by atoms with Crippen LogP contribution < -0.4 is 16.6 Å². The second-order valence-electron chi connectivity index (χ2n) is 3.01. The Morgan fingerprint density at radius 2 is 2.24 bits per heavy atom. The second-order valence-corrected chi connectivity index (χ2v) is 3.80. The third-order valence-corrected chi connectivity index (χ3v) is 2.60. The molecule has 0 amide bonds. The first kappa shape index (κ1) is 13.7. The molecule has 8 heteroatoms. The number of rotatable bonds is 6. The average Bonchev–Trinajstić information content (AvgIpc) is 2.32. The minimum atomic E-state index is -0.248. The third kappa shape index (κ3) is 4.16. The molecule has 0 spiro atoms. The van der Waals surface area contributed by atoms with Crippen LogP contribution in [0.3, 0.4) is 0 Å². The summed E-state index contributed by atoms with van der Waals surface area (Å²) in [6, 6.07) is 0. The van der Waals surface area contributed by atoms with Crippen LogP contribution in [0.25, 0.3) is 0 Å². The molecule has 0 radical (unpaired) electrons. The molecule has 94 valence electrons. The summed E-state index contributed by atoms with van der Waals surface area (Å²) in [5, 5.41) is 2.98. The van der Waals surface area contributed by atoms with Gasteiger partial charge in [0.05, 0.1) is 13.0 Å². The molecule has 1 rings (SSSR count). The van der Waals surface area contributed by atoms with Crippen molar-refractivity contribution in [1.82, 2.24) is 9.97 Å². The van der Waals surface area contributed by atoms with Crippen LogP contribution in [-0.2, 0) is 9.53 Å². The number of halogens is 1. The lowest BCUT2D eigenvalue weighted by Gasteiger charge is -2.09. The largest absolute Gasteiger partial charge is 0.466 e. The molecule has 0 saturated carbocycles. The Labute approximate surface area is 107 Å². The van der Waals surface area contributed by atoms with Gasteiger partial charge in [0.1, 0.15) is 16.6 Å². The van der Waals surface area contributed by atoms with Crippen molar-refractivity contribution in [1.29, 1.82) is 0 Å². The highest BCUT2D eigenvalue weighted by molar-refractivity contribution is 9.10. The molecule has 0 unspecified atom stereocenters. The van der Waals surface area contributed by atoms with E-state index in [-0.39, 0.29) is 12.4 Å². The predicted octanol–water partition coefficient (Wildman–Crippen LogP) is 0.890. The molecule has 0 aromatic carbocycles. The normalized spacial score (nSPS) is 9.82. The van der Waals surface area contributed by atoms with Crippen LogP contribution in [0.15, 0.2) is 10.8 Å². The molecule has 1 aromatic rings. The van der Waals surface area contributed by atoms with Gasteiger partial charge in [-0.25, -0.2) is 15.8 Å². The number of hydrogen-bond acceptors (Lipinski definition) is 7. The first-order valence-electron chi connectivity index (χ1n) is 5.05. The van der Waals surface area contributed by atoms with Crippen molar-refractivity contribution in [2.24, 2.45) is 5.84 Å². The van der Waals surface area contributed by atoms with E-state index in [1.165, 1.54) is 6.33 Å². The van der Waals surface area contributed by atoms with Gasteiger partial charge in [-0.05, 0) is 22.9 Å². The SMILES string of the molecule is CCOC(=O)CCNc1ncnc(NN)c1Br. The minimum absolute atomic E-state index is 0.248. The summed E-state index contributed by atoms with van der Waals surface area (Å²) in [7, 11) is 0. The number of carbonyl (C=O) groups is 1. The number of nitrogens with one attached hydrogen (secondary N) is 2. The number of carbonyl (C=O) groups excluding carboxylic acids is 1. The molecule has 4 N–H and O–H groups in total. The van der Waals surface area contributed by atoms with Gasteiger partial charge in [-0.1, -0.05) is 0 Å². The molecular formula is C9H14BrN5O2. The van der Waals surface area contributed by atoms with E-state index >= 15 is 0 Å². The summed E-state index contributed by atoms with van der Waals surface area (Å²) in [5.74, 6) is 6.05. The van der Waals surface area contributed by atoms with Gasteiger partial charge in [-0.2, -0.15) is 0 Å². The monoisotopic (exact) mass is 303 g/mol. The lowest BCUT2D eigenvalue weighted by atomic mass is 10.4. The minimum Gasteiger partial charge on any atom is -0.466 e. The summed E-state index contributed by atoms with van der Waals surface area (Å²) in [6.07, 6.45) is 1.64. The number of nitrogens with zero attached hydrogens (tertiary/aromatic N) is 2. The van der Waals surface area contributed by atoms with Gasteiger partial charge in [0.15, 0.2) is 5.82 Å². The van der Waals surface area contributed by atoms with Gasteiger partial charge < -0.3 is 15.5 Å². The van der Waals surface area contributed by atoms with E-state index in [2.05, 4.69) is 36.6 Å². The fraction of sp³-hybridized carbons (Fsp3) is 0.444. The van der Waals surface area contributed by atoms with Crippen LogP contribution in [0.1, 0.15) is 13.3 Å². The van der Waals surface area contributed by atoms with Crippen LogP contribution >= 0.6 is 15.9 Å². The first-order valence-corrected chi connectivity index (χ1v) is 5.85. The van der Waals surface area contributed by atoms with Crippen molar-refractivity contribution in [3.8, 4) is 0 Å². The van der Waals surface area contributed by atoms with Crippen LogP contribution in [0.2, 0.25) is 0 Å². The summed E-state index contributed by atoms with van der Waals surface area (Å²) < 4.78 is 5.42. The molecule has 1 aromatic heterocycles. The van der Waals surface area contributed by atoms with E-state index in [1.54, 1.807) is 6.92 Å². The maximum absolute atomic E-state index is 11.1. The van der Waals surface area contributed by atoms with E-state index in [9.17, 15) is 4.79 Å². The highest BCUT2D eigenvalue weighted by atomic mass is 79.9. The van der Waals surface area contributed by atoms with Crippen molar-refractivity contribution in [3.63, 3.8) is 0 Å². The van der Waals surface area contributed by atoms with Crippen molar-refractivity contribution in [3.05, 3.63) is 10.8 Å². The molecule has 0 aliphatic carbocycles. The lowest BCUT2D eigenvalue weighted by molar-refractivity contribution is -0.142. The zero-order valence-corrected chi connectivity index (χ0v) is 11.0. The molecule has 1 heterocycles. The van der Waals surface area contributed by atoms with Gasteiger partial charge >= 0.3 is 5.97 Å². The van der Waals surface area contributed by atoms with E-state index in [0.717, 1.165) is 0 Å². The Morgan fingerprint density at radius 3 is 2.88 bits per heavy atom. The molecule has 0 saturated heterocycles. The number of nitrogens with two attached hydrogens (primary N) is 1. The third-order valence-electron chi connectivity index (χ3n) is 1.85. The molecule has 0 bridgehead atoms. The number of nitrogen functional groups attached to an aromatic ring is 1. The maximum atomic E-state index is 11.1. The number of ether oxygens (including phenoxy) is 1. The van der Waals surface area contributed by atoms with Crippen molar-refractivity contribution in [2.75, 3.05) is 23.9 Å². The number of anilines is 2. The molecule has 0 atom stereocenters. The van der Waals surface area contributed by atoms with Gasteiger partial charge in [-0.15, -0.1) is 0 Å². The molecule has 0 aliphatic rings. The molecular weight excluding hydrogens is 290 g/mol. The molecule has 0 fully saturated rings. The topological polar surface area (TPSA) is 102 Å². The Hall–Kier alpha value is -1.41. The smallest absolute Gasteiger partial charge is 0.307 e. The standard InChI is InChI=1S/C9H14BrN5O2/c1-2-17-6(16)3-4-12-8-7(10)9(15-11)14-5-13-8/h5H,2-4,11H2,1H3,(H2,12,13,14,15). The van der Waals surface area contributed by atoms with Gasteiger partial charge in [0.2, 0.25) is 0 Å². The summed E-state index contributed by atoms with van der Waals surface area (Å²) in [6.45, 7) is 2.58. The van der Waals surface area contributed by atoms with Gasteiger partial charge in [-0.3, -0.25) is 4.79 Å². The number of hydrogen-bond donors (Lipinski definition) is 3. The number of hydrazine groups is 1. The predicted molar refractivity (Wildman–Crippen MR) is 67.3 cm³/mol. The van der Waals surface area contributed by atoms with E-state index in [1.807, 2.05) is 0 Å². The van der Waals surface area contributed by atoms with Crippen LogP contribution in [-0.4, -0.2) is 29.1 Å². The average molecular weight is 304 g/mol. The first-order chi connectivity index (χ1) is 8.19. The zero-order valence-electron chi connectivity index (χ0n) is 9.36. The fourth-order valence-corrected chi connectivity index (χ4v) is 1.57.